The van der Waals surface area contributed by atoms with Gasteiger partial charge in [-0.1, -0.05) is 66.7 Å². The fourth-order valence-corrected chi connectivity index (χ4v) is 4.21. The van der Waals surface area contributed by atoms with Gasteiger partial charge in [0, 0.05) is 32.7 Å². The molecule has 1 heterocycles. The lowest BCUT2D eigenvalue weighted by Gasteiger charge is -2.34. The first-order valence-corrected chi connectivity index (χ1v) is 11.6. The number of carbonyl (C=O) groups excluding carboxylic acids is 2. The highest BCUT2D eigenvalue weighted by Crippen LogP contribution is 2.20. The van der Waals surface area contributed by atoms with E-state index < -0.39 is 0 Å². The number of fused-ring (bicyclic) bond motifs is 1. The van der Waals surface area contributed by atoms with Crippen molar-refractivity contribution in [1.82, 2.24) is 20.4 Å². The summed E-state index contributed by atoms with van der Waals surface area (Å²) in [7, 11) is 0. The normalized spacial score (nSPS) is 15.8. The van der Waals surface area contributed by atoms with Crippen LogP contribution in [-0.4, -0.2) is 60.9 Å². The van der Waals surface area contributed by atoms with Crippen LogP contribution in [0.15, 0.2) is 72.8 Å². The van der Waals surface area contributed by atoms with E-state index in [4.69, 9.17) is 0 Å². The maximum atomic E-state index is 12.6. The summed E-state index contributed by atoms with van der Waals surface area (Å²) in [5.74, 6) is 0.0685. The molecule has 1 aliphatic rings. The third-order valence-corrected chi connectivity index (χ3v) is 6.18. The molecule has 172 valence electrons. The van der Waals surface area contributed by atoms with Gasteiger partial charge in [-0.05, 0) is 34.9 Å². The van der Waals surface area contributed by atoms with E-state index in [1.54, 1.807) is 0 Å². The summed E-state index contributed by atoms with van der Waals surface area (Å²) in [4.78, 5) is 29.2. The van der Waals surface area contributed by atoms with E-state index in [9.17, 15) is 9.59 Å². The van der Waals surface area contributed by atoms with Crippen LogP contribution in [0.25, 0.3) is 10.8 Å². The highest BCUT2D eigenvalue weighted by molar-refractivity contribution is 5.83. The lowest BCUT2D eigenvalue weighted by atomic mass is 10.0. The molecular weight excluding hydrogens is 412 g/mol. The summed E-state index contributed by atoms with van der Waals surface area (Å²) >= 11 is 0. The van der Waals surface area contributed by atoms with Crippen LogP contribution in [0.3, 0.4) is 0 Å². The number of carbonyl (C=O) groups is 2. The van der Waals surface area contributed by atoms with Gasteiger partial charge in [0.25, 0.3) is 0 Å². The topological polar surface area (TPSA) is 64.7 Å². The predicted octanol–water partition coefficient (Wildman–Crippen LogP) is 2.95. The second kappa shape index (κ2) is 11.1. The van der Waals surface area contributed by atoms with E-state index in [2.05, 4.69) is 50.8 Å². The minimum atomic E-state index is -0.0447. The van der Waals surface area contributed by atoms with Crippen LogP contribution in [0.4, 0.5) is 0 Å². The summed E-state index contributed by atoms with van der Waals surface area (Å²) < 4.78 is 0. The fraction of sp³-hybridized carbons (Fsp3) is 0.333. The van der Waals surface area contributed by atoms with Crippen molar-refractivity contribution in [3.63, 3.8) is 0 Å². The molecule has 2 N–H and O–H groups in total. The zero-order valence-corrected chi connectivity index (χ0v) is 19.2. The maximum absolute atomic E-state index is 12.6. The van der Waals surface area contributed by atoms with E-state index in [0.29, 0.717) is 19.6 Å². The Bertz CT molecular complexity index is 1080. The quantitative estimate of drug-likeness (QED) is 0.561. The Labute approximate surface area is 195 Å². The van der Waals surface area contributed by atoms with Crippen molar-refractivity contribution in [2.75, 3.05) is 39.3 Å². The number of hydrogen-bond acceptors (Lipinski definition) is 4. The van der Waals surface area contributed by atoms with Gasteiger partial charge in [-0.25, -0.2) is 0 Å². The Morgan fingerprint density at radius 3 is 2.09 bits per heavy atom. The first-order chi connectivity index (χ1) is 16.1. The fourth-order valence-electron chi connectivity index (χ4n) is 4.21. The second-order valence-electron chi connectivity index (χ2n) is 8.71. The summed E-state index contributed by atoms with van der Waals surface area (Å²) in [6.07, 6.45) is 0. The van der Waals surface area contributed by atoms with Crippen LogP contribution < -0.4 is 10.6 Å². The molecule has 0 aromatic heterocycles. The third kappa shape index (κ3) is 6.63. The van der Waals surface area contributed by atoms with Crippen LogP contribution in [0.2, 0.25) is 0 Å². The third-order valence-electron chi connectivity index (χ3n) is 6.18. The molecule has 33 heavy (non-hydrogen) atoms. The van der Waals surface area contributed by atoms with Gasteiger partial charge in [0.05, 0.1) is 19.1 Å². The Balaban J connectivity index is 1.17. The average Bonchev–Trinajstić information content (AvgIpc) is 2.84. The Morgan fingerprint density at radius 1 is 0.788 bits per heavy atom. The molecule has 6 nitrogen and oxygen atoms in total. The zero-order valence-electron chi connectivity index (χ0n) is 19.2. The summed E-state index contributed by atoms with van der Waals surface area (Å²) in [5, 5.41) is 8.49. The number of hydrogen-bond donors (Lipinski definition) is 2. The van der Waals surface area contributed by atoms with Crippen LogP contribution >= 0.6 is 0 Å². The molecule has 3 aromatic rings. The molecule has 1 fully saturated rings. The van der Waals surface area contributed by atoms with E-state index in [1.807, 2.05) is 49.4 Å². The van der Waals surface area contributed by atoms with Crippen molar-refractivity contribution >= 4 is 22.6 Å². The van der Waals surface area contributed by atoms with Crippen molar-refractivity contribution < 1.29 is 9.59 Å². The molecule has 0 aliphatic carbocycles. The molecule has 1 atom stereocenters. The number of nitrogens with one attached hydrogen (secondary N) is 2. The van der Waals surface area contributed by atoms with Crippen LogP contribution in [0, 0.1) is 0 Å². The highest BCUT2D eigenvalue weighted by Gasteiger charge is 2.21. The van der Waals surface area contributed by atoms with Crippen LogP contribution in [0.5, 0.6) is 0 Å². The van der Waals surface area contributed by atoms with E-state index >= 15 is 0 Å². The van der Waals surface area contributed by atoms with Crippen molar-refractivity contribution in [2.45, 2.75) is 19.5 Å². The standard InChI is InChI=1S/C27H32N4O2/c1-21(24-12-11-23-9-5-6-10-25(23)17-24)29-27(33)20-31-15-13-30(14-16-31)19-26(32)28-18-22-7-3-2-4-8-22/h2-12,17,21H,13-16,18-20H2,1H3,(H,28,32)(H,29,33)/t21-/m0/s1. The minimum absolute atomic E-state index is 0.0321. The molecule has 1 aliphatic heterocycles. The smallest absolute Gasteiger partial charge is 0.234 e. The minimum Gasteiger partial charge on any atom is -0.351 e. The number of piperazine rings is 1. The highest BCUT2D eigenvalue weighted by atomic mass is 16.2. The monoisotopic (exact) mass is 444 g/mol. The van der Waals surface area contributed by atoms with E-state index in [0.717, 1.165) is 37.3 Å². The SMILES string of the molecule is C[C@H](NC(=O)CN1CCN(CC(=O)NCc2ccccc2)CC1)c1ccc2ccccc2c1. The molecule has 0 spiro atoms. The Morgan fingerprint density at radius 2 is 1.39 bits per heavy atom. The Kier molecular flexibility index (Phi) is 7.70. The number of rotatable bonds is 8. The van der Waals surface area contributed by atoms with Crippen LogP contribution in [0.1, 0.15) is 24.1 Å². The predicted molar refractivity (Wildman–Crippen MR) is 132 cm³/mol. The van der Waals surface area contributed by atoms with Gasteiger partial charge < -0.3 is 10.6 Å². The average molecular weight is 445 g/mol. The number of amides is 2. The molecular formula is C27H32N4O2. The van der Waals surface area contributed by atoms with Crippen molar-refractivity contribution in [3.05, 3.63) is 83.9 Å². The van der Waals surface area contributed by atoms with Gasteiger partial charge in [0.2, 0.25) is 11.8 Å². The summed E-state index contributed by atoms with van der Waals surface area (Å²) in [6, 6.07) is 24.4. The lowest BCUT2D eigenvalue weighted by molar-refractivity contribution is -0.125. The first kappa shape index (κ1) is 23.0. The molecule has 2 amide bonds. The van der Waals surface area contributed by atoms with Gasteiger partial charge in [-0.15, -0.1) is 0 Å². The molecule has 0 bridgehead atoms. The van der Waals surface area contributed by atoms with E-state index in [1.165, 1.54) is 10.8 Å². The molecule has 1 saturated heterocycles. The molecule has 0 saturated carbocycles. The van der Waals surface area contributed by atoms with Gasteiger partial charge in [0.1, 0.15) is 0 Å². The van der Waals surface area contributed by atoms with Crippen molar-refractivity contribution in [3.8, 4) is 0 Å². The maximum Gasteiger partial charge on any atom is 0.234 e. The Hall–Kier alpha value is -3.22. The lowest BCUT2D eigenvalue weighted by Crippen LogP contribution is -2.51. The van der Waals surface area contributed by atoms with Crippen molar-refractivity contribution in [2.24, 2.45) is 0 Å². The molecule has 0 unspecified atom stereocenters. The molecule has 6 heteroatoms. The largest absolute Gasteiger partial charge is 0.351 e. The summed E-state index contributed by atoms with van der Waals surface area (Å²) in [5.41, 5.74) is 2.20. The van der Waals surface area contributed by atoms with Crippen LogP contribution in [-0.2, 0) is 16.1 Å². The van der Waals surface area contributed by atoms with Gasteiger partial charge in [-0.2, -0.15) is 0 Å². The number of nitrogens with zero attached hydrogens (tertiary/aromatic N) is 2. The summed E-state index contributed by atoms with van der Waals surface area (Å²) in [6.45, 7) is 6.48. The van der Waals surface area contributed by atoms with Gasteiger partial charge in [0.15, 0.2) is 0 Å². The molecule has 0 radical (unpaired) electrons. The molecule has 4 rings (SSSR count). The second-order valence-corrected chi connectivity index (χ2v) is 8.71. The zero-order chi connectivity index (χ0) is 23.0. The number of benzene rings is 3. The first-order valence-electron chi connectivity index (χ1n) is 11.6. The van der Waals surface area contributed by atoms with Gasteiger partial charge in [-0.3, -0.25) is 19.4 Å². The van der Waals surface area contributed by atoms with E-state index in [-0.39, 0.29) is 17.9 Å². The molecule has 3 aromatic carbocycles. The van der Waals surface area contributed by atoms with Gasteiger partial charge >= 0.3 is 0 Å². The van der Waals surface area contributed by atoms with Crippen molar-refractivity contribution in [1.29, 1.82) is 0 Å².